The number of carbonyl (C=O) groups is 1. The van der Waals surface area contributed by atoms with Crippen LogP contribution in [0.4, 0.5) is 5.82 Å². The number of fused-ring (bicyclic) bond motifs is 2. The number of aryl methyl sites for hydroxylation is 1. The van der Waals surface area contributed by atoms with Crippen LogP contribution in [0.1, 0.15) is 47.9 Å². The third kappa shape index (κ3) is 3.55. The number of nitrogens with zero attached hydrogens (tertiary/aromatic N) is 3. The fraction of sp³-hybridized carbons (Fsp3) is 0.333. The first-order valence-corrected chi connectivity index (χ1v) is 10.4. The Kier molecular flexibility index (Phi) is 5.19. The minimum absolute atomic E-state index is 0.0779. The number of hydrogen-bond acceptors (Lipinski definition) is 7. The van der Waals surface area contributed by atoms with Crippen LogP contribution in [0.2, 0.25) is 0 Å². The number of thiophene rings is 1. The second kappa shape index (κ2) is 7.79. The van der Waals surface area contributed by atoms with E-state index in [9.17, 15) is 4.79 Å². The Morgan fingerprint density at radius 2 is 2.07 bits per heavy atom. The van der Waals surface area contributed by atoms with Crippen molar-refractivity contribution in [3.63, 3.8) is 0 Å². The van der Waals surface area contributed by atoms with E-state index in [1.165, 1.54) is 17.7 Å². The van der Waals surface area contributed by atoms with Gasteiger partial charge in [0.25, 0.3) is 0 Å². The average molecular weight is 410 g/mol. The molecule has 0 bridgehead atoms. The molecule has 3 heterocycles. The summed E-state index contributed by atoms with van der Waals surface area (Å²) in [6, 6.07) is 7.89. The molecule has 0 saturated heterocycles. The molecule has 0 aliphatic heterocycles. The van der Waals surface area contributed by atoms with Crippen molar-refractivity contribution in [1.29, 1.82) is 0 Å². The average Bonchev–Trinajstić information content (AvgIpc) is 3.27. The number of imidazole rings is 1. The summed E-state index contributed by atoms with van der Waals surface area (Å²) in [6.45, 7) is 8.31. The third-order valence-corrected chi connectivity index (χ3v) is 6.03. The van der Waals surface area contributed by atoms with Crippen molar-refractivity contribution >= 4 is 44.4 Å². The third-order valence-electron chi connectivity index (χ3n) is 4.85. The number of H-pyrrole nitrogens is 1. The zero-order chi connectivity index (χ0) is 20.5. The van der Waals surface area contributed by atoms with Crippen molar-refractivity contribution in [2.75, 3.05) is 11.9 Å². The highest BCUT2D eigenvalue weighted by Gasteiger charge is 2.24. The first-order chi connectivity index (χ1) is 14.0. The Hall–Kier alpha value is -3.00. The van der Waals surface area contributed by atoms with Gasteiger partial charge in [-0.15, -0.1) is 11.3 Å². The maximum atomic E-state index is 12.3. The highest BCUT2D eigenvalue weighted by molar-refractivity contribution is 7.20. The van der Waals surface area contributed by atoms with E-state index in [-0.39, 0.29) is 17.9 Å². The topological polar surface area (TPSA) is 92.8 Å². The number of benzene rings is 1. The van der Waals surface area contributed by atoms with Crippen molar-refractivity contribution in [2.45, 2.75) is 33.7 Å². The minimum Gasteiger partial charge on any atom is -0.462 e. The van der Waals surface area contributed by atoms with Crippen LogP contribution in [-0.4, -0.2) is 32.5 Å². The number of aromatic amines is 1. The maximum absolute atomic E-state index is 12.3. The fourth-order valence-corrected chi connectivity index (χ4v) is 4.43. The molecule has 4 aromatic rings. The van der Waals surface area contributed by atoms with E-state index >= 15 is 0 Å². The number of ether oxygens (including phenoxy) is 1. The van der Waals surface area contributed by atoms with Gasteiger partial charge in [-0.1, -0.05) is 26.0 Å². The van der Waals surface area contributed by atoms with Gasteiger partial charge < -0.3 is 15.0 Å². The van der Waals surface area contributed by atoms with Crippen molar-refractivity contribution in [3.8, 4) is 0 Å². The van der Waals surface area contributed by atoms with Crippen LogP contribution in [0.25, 0.3) is 21.3 Å². The van der Waals surface area contributed by atoms with Gasteiger partial charge in [0.1, 0.15) is 27.7 Å². The van der Waals surface area contributed by atoms with Crippen LogP contribution in [0, 0.1) is 12.8 Å². The molecule has 0 aliphatic carbocycles. The molecule has 29 heavy (non-hydrogen) atoms. The lowest BCUT2D eigenvalue weighted by Crippen LogP contribution is -2.19. The van der Waals surface area contributed by atoms with E-state index in [0.29, 0.717) is 17.3 Å². The largest absolute Gasteiger partial charge is 0.462 e. The quantitative estimate of drug-likeness (QED) is 0.442. The molecule has 3 aromatic heterocycles. The zero-order valence-corrected chi connectivity index (χ0v) is 17.6. The van der Waals surface area contributed by atoms with E-state index in [1.807, 2.05) is 31.2 Å². The predicted molar refractivity (Wildman–Crippen MR) is 115 cm³/mol. The number of nitrogens with one attached hydrogen (secondary N) is 2. The summed E-state index contributed by atoms with van der Waals surface area (Å²) in [6.07, 6.45) is 1.52. The molecule has 0 unspecified atom stereocenters. The van der Waals surface area contributed by atoms with Gasteiger partial charge in [0, 0.05) is 0 Å². The lowest BCUT2D eigenvalue weighted by molar-refractivity contribution is 0.0531. The highest BCUT2D eigenvalue weighted by atomic mass is 32.1. The zero-order valence-electron chi connectivity index (χ0n) is 16.8. The minimum atomic E-state index is -0.323. The van der Waals surface area contributed by atoms with Crippen molar-refractivity contribution < 1.29 is 9.53 Å². The SMILES string of the molecule is CCOC(=O)c1sc2ncnc(N[C@H](c3nc4ccccc4[nH]3)C(C)C)c2c1C. The first kappa shape index (κ1) is 19.3. The summed E-state index contributed by atoms with van der Waals surface area (Å²) < 4.78 is 5.19. The molecule has 4 rings (SSSR count). The number of para-hydroxylation sites is 2. The summed E-state index contributed by atoms with van der Waals surface area (Å²) in [4.78, 5) is 30.6. The van der Waals surface area contributed by atoms with E-state index in [1.54, 1.807) is 6.92 Å². The Balaban J connectivity index is 1.75. The van der Waals surface area contributed by atoms with E-state index in [0.717, 1.165) is 32.6 Å². The van der Waals surface area contributed by atoms with Gasteiger partial charge in [0.2, 0.25) is 0 Å². The molecule has 8 heteroatoms. The fourth-order valence-electron chi connectivity index (χ4n) is 3.39. The number of aromatic nitrogens is 4. The lowest BCUT2D eigenvalue weighted by atomic mass is 10.0. The lowest BCUT2D eigenvalue weighted by Gasteiger charge is -2.21. The van der Waals surface area contributed by atoms with Gasteiger partial charge in [-0.3, -0.25) is 0 Å². The van der Waals surface area contributed by atoms with Gasteiger partial charge in [-0.05, 0) is 37.5 Å². The molecule has 0 saturated carbocycles. The van der Waals surface area contributed by atoms with Gasteiger partial charge in [0.15, 0.2) is 0 Å². The number of esters is 1. The van der Waals surface area contributed by atoms with Crippen LogP contribution in [0.3, 0.4) is 0 Å². The molecule has 1 atom stereocenters. The Morgan fingerprint density at radius 3 is 2.79 bits per heavy atom. The standard InChI is InChI=1S/C21H23N5O2S/c1-5-28-21(27)17-12(4)15-18(22-10-23-20(15)29-17)26-16(11(2)3)19-24-13-8-6-7-9-14(13)25-19/h6-11,16H,5H2,1-4H3,(H,24,25)(H,22,23,26)/t16-/m0/s1. The molecule has 0 spiro atoms. The predicted octanol–water partition coefficient (Wildman–Crippen LogP) is 4.86. The van der Waals surface area contributed by atoms with Crippen molar-refractivity contribution in [1.82, 2.24) is 19.9 Å². The first-order valence-electron chi connectivity index (χ1n) is 9.62. The molecule has 0 radical (unpaired) electrons. The summed E-state index contributed by atoms with van der Waals surface area (Å²) in [5.41, 5.74) is 2.76. The van der Waals surface area contributed by atoms with Gasteiger partial charge in [-0.2, -0.15) is 0 Å². The molecule has 2 N–H and O–H groups in total. The van der Waals surface area contributed by atoms with Crippen molar-refractivity contribution in [3.05, 3.63) is 46.9 Å². The second-order valence-electron chi connectivity index (χ2n) is 7.18. The molecule has 7 nitrogen and oxygen atoms in total. The van der Waals surface area contributed by atoms with E-state index in [4.69, 9.17) is 9.72 Å². The number of anilines is 1. The Morgan fingerprint density at radius 1 is 1.28 bits per heavy atom. The van der Waals surface area contributed by atoms with Gasteiger partial charge >= 0.3 is 5.97 Å². The number of rotatable bonds is 6. The molecule has 1 aromatic carbocycles. The molecule has 150 valence electrons. The van der Waals surface area contributed by atoms with Crippen LogP contribution in [0.15, 0.2) is 30.6 Å². The molecular weight excluding hydrogens is 386 g/mol. The monoisotopic (exact) mass is 409 g/mol. The Bertz CT molecular complexity index is 1150. The highest BCUT2D eigenvalue weighted by Crippen LogP contribution is 2.36. The maximum Gasteiger partial charge on any atom is 0.348 e. The van der Waals surface area contributed by atoms with Crippen LogP contribution < -0.4 is 5.32 Å². The normalized spacial score (nSPS) is 12.6. The van der Waals surface area contributed by atoms with E-state index in [2.05, 4.69) is 34.1 Å². The molecule has 0 aliphatic rings. The number of hydrogen-bond donors (Lipinski definition) is 2. The van der Waals surface area contributed by atoms with Gasteiger partial charge in [-0.25, -0.2) is 19.7 Å². The summed E-state index contributed by atoms with van der Waals surface area (Å²) in [5.74, 6) is 1.48. The van der Waals surface area contributed by atoms with Gasteiger partial charge in [0.05, 0.1) is 29.1 Å². The summed E-state index contributed by atoms with van der Waals surface area (Å²) >= 11 is 1.33. The van der Waals surface area contributed by atoms with E-state index < -0.39 is 0 Å². The summed E-state index contributed by atoms with van der Waals surface area (Å²) in [5, 5.41) is 4.38. The Labute approximate surface area is 172 Å². The van der Waals surface area contributed by atoms with Crippen molar-refractivity contribution in [2.24, 2.45) is 5.92 Å². The van der Waals surface area contributed by atoms with Crippen LogP contribution in [-0.2, 0) is 4.74 Å². The second-order valence-corrected chi connectivity index (χ2v) is 8.18. The smallest absolute Gasteiger partial charge is 0.348 e. The summed E-state index contributed by atoms with van der Waals surface area (Å²) in [7, 11) is 0. The molecule has 0 fully saturated rings. The molecule has 0 amide bonds. The number of carbonyl (C=O) groups excluding carboxylic acids is 1. The molecular formula is C21H23N5O2S. The van der Waals surface area contributed by atoms with Crippen LogP contribution >= 0.6 is 11.3 Å². The van der Waals surface area contributed by atoms with Crippen LogP contribution in [0.5, 0.6) is 0 Å².